The van der Waals surface area contributed by atoms with Gasteiger partial charge in [0.2, 0.25) is 0 Å². The number of para-hydroxylation sites is 1. The molecule has 0 aromatic heterocycles. The standard InChI is InChI=1S/C20H34N2O/c1-3-4-5-6-10-15-22-16-13-20(14-17-22,18-23-2)21-19-11-8-7-9-12-19/h7-9,11-12,21H,3-6,10,13-18H2,1-2H3. The summed E-state index contributed by atoms with van der Waals surface area (Å²) in [5.74, 6) is 0. The molecule has 1 aliphatic rings. The summed E-state index contributed by atoms with van der Waals surface area (Å²) in [6.45, 7) is 6.68. The third kappa shape index (κ3) is 6.15. The maximum Gasteiger partial charge on any atom is 0.0693 e. The summed E-state index contributed by atoms with van der Waals surface area (Å²) < 4.78 is 5.54. The van der Waals surface area contributed by atoms with Crippen LogP contribution in [0.15, 0.2) is 30.3 Å². The minimum absolute atomic E-state index is 0.0921. The van der Waals surface area contributed by atoms with Crippen molar-refractivity contribution in [2.24, 2.45) is 0 Å². The molecule has 2 rings (SSSR count). The molecule has 0 bridgehead atoms. The third-order valence-electron chi connectivity index (χ3n) is 4.99. The van der Waals surface area contributed by atoms with E-state index in [0.717, 1.165) is 19.4 Å². The van der Waals surface area contributed by atoms with E-state index in [4.69, 9.17) is 4.74 Å². The lowest BCUT2D eigenvalue weighted by molar-refractivity contribution is 0.0880. The molecule has 0 unspecified atom stereocenters. The fourth-order valence-electron chi connectivity index (χ4n) is 3.55. The van der Waals surface area contributed by atoms with Crippen LogP contribution in [0.4, 0.5) is 5.69 Å². The van der Waals surface area contributed by atoms with Crippen LogP contribution in [0.2, 0.25) is 0 Å². The highest BCUT2D eigenvalue weighted by atomic mass is 16.5. The SMILES string of the molecule is CCCCCCCN1CCC(COC)(Nc2ccccc2)CC1. The largest absolute Gasteiger partial charge is 0.382 e. The number of methoxy groups -OCH3 is 1. The van der Waals surface area contributed by atoms with Crippen LogP contribution in [0.1, 0.15) is 51.9 Å². The molecule has 0 aliphatic carbocycles. The number of nitrogens with one attached hydrogen (secondary N) is 1. The highest BCUT2D eigenvalue weighted by molar-refractivity contribution is 5.45. The third-order valence-corrected chi connectivity index (χ3v) is 4.99. The number of unbranched alkanes of at least 4 members (excludes halogenated alkanes) is 4. The van der Waals surface area contributed by atoms with Gasteiger partial charge in [0.05, 0.1) is 12.1 Å². The Kier molecular flexibility index (Phi) is 7.90. The number of nitrogens with zero attached hydrogens (tertiary/aromatic N) is 1. The molecule has 130 valence electrons. The van der Waals surface area contributed by atoms with E-state index >= 15 is 0 Å². The van der Waals surface area contributed by atoms with E-state index in [-0.39, 0.29) is 5.54 Å². The highest BCUT2D eigenvalue weighted by Gasteiger charge is 2.34. The first-order valence-corrected chi connectivity index (χ1v) is 9.32. The van der Waals surface area contributed by atoms with Gasteiger partial charge in [0, 0.05) is 25.9 Å². The van der Waals surface area contributed by atoms with Gasteiger partial charge in [-0.15, -0.1) is 0 Å². The first-order valence-electron chi connectivity index (χ1n) is 9.32. The fourth-order valence-corrected chi connectivity index (χ4v) is 3.55. The molecule has 23 heavy (non-hydrogen) atoms. The van der Waals surface area contributed by atoms with Gasteiger partial charge in [-0.1, -0.05) is 50.8 Å². The van der Waals surface area contributed by atoms with Crippen molar-refractivity contribution < 1.29 is 4.74 Å². The number of hydrogen-bond donors (Lipinski definition) is 1. The Bertz CT molecular complexity index is 413. The van der Waals surface area contributed by atoms with E-state index in [9.17, 15) is 0 Å². The van der Waals surface area contributed by atoms with Gasteiger partial charge in [-0.2, -0.15) is 0 Å². The molecule has 0 amide bonds. The highest BCUT2D eigenvalue weighted by Crippen LogP contribution is 2.27. The number of likely N-dealkylation sites (tertiary alicyclic amines) is 1. The van der Waals surface area contributed by atoms with Crippen molar-refractivity contribution in [3.63, 3.8) is 0 Å². The van der Waals surface area contributed by atoms with E-state index in [2.05, 4.69) is 47.5 Å². The maximum absolute atomic E-state index is 5.54. The first-order chi connectivity index (χ1) is 11.3. The minimum Gasteiger partial charge on any atom is -0.382 e. The van der Waals surface area contributed by atoms with Gasteiger partial charge in [0.25, 0.3) is 0 Å². The predicted octanol–water partition coefficient (Wildman–Crippen LogP) is 4.55. The van der Waals surface area contributed by atoms with Crippen LogP contribution in [-0.2, 0) is 4.74 Å². The first kappa shape index (κ1) is 18.3. The van der Waals surface area contributed by atoms with E-state index < -0.39 is 0 Å². The Hall–Kier alpha value is -1.06. The quantitative estimate of drug-likeness (QED) is 0.641. The zero-order chi connectivity index (χ0) is 16.4. The zero-order valence-corrected chi connectivity index (χ0v) is 15.0. The van der Waals surface area contributed by atoms with Crippen molar-refractivity contribution in [2.75, 3.05) is 38.7 Å². The molecule has 3 nitrogen and oxygen atoms in total. The molecule has 3 heteroatoms. The molecule has 1 saturated heterocycles. The van der Waals surface area contributed by atoms with E-state index in [1.807, 2.05) is 7.11 Å². The fraction of sp³-hybridized carbons (Fsp3) is 0.700. The molecule has 1 heterocycles. The Labute approximate surface area is 142 Å². The molecular weight excluding hydrogens is 284 g/mol. The summed E-state index contributed by atoms with van der Waals surface area (Å²) in [7, 11) is 1.81. The summed E-state index contributed by atoms with van der Waals surface area (Å²) in [5.41, 5.74) is 1.30. The lowest BCUT2D eigenvalue weighted by atomic mass is 9.87. The molecule has 1 aromatic carbocycles. The lowest BCUT2D eigenvalue weighted by Gasteiger charge is -2.42. The molecule has 0 saturated carbocycles. The van der Waals surface area contributed by atoms with Crippen LogP contribution in [0.3, 0.4) is 0 Å². The number of hydrogen-bond acceptors (Lipinski definition) is 3. The smallest absolute Gasteiger partial charge is 0.0693 e. The van der Waals surface area contributed by atoms with Gasteiger partial charge in [-0.3, -0.25) is 0 Å². The maximum atomic E-state index is 5.54. The molecule has 0 spiro atoms. The van der Waals surface area contributed by atoms with Gasteiger partial charge >= 0.3 is 0 Å². The van der Waals surface area contributed by atoms with Gasteiger partial charge in [0.1, 0.15) is 0 Å². The van der Waals surface area contributed by atoms with E-state index in [1.165, 1.54) is 57.4 Å². The average molecular weight is 319 g/mol. The van der Waals surface area contributed by atoms with E-state index in [1.54, 1.807) is 0 Å². The van der Waals surface area contributed by atoms with Crippen LogP contribution in [0.5, 0.6) is 0 Å². The van der Waals surface area contributed by atoms with Crippen LogP contribution < -0.4 is 5.32 Å². The van der Waals surface area contributed by atoms with Crippen LogP contribution >= 0.6 is 0 Å². The zero-order valence-electron chi connectivity index (χ0n) is 15.0. The minimum atomic E-state index is 0.0921. The molecule has 1 aromatic rings. The Balaban J connectivity index is 1.78. The Morgan fingerprint density at radius 1 is 1.04 bits per heavy atom. The van der Waals surface area contributed by atoms with Crippen molar-refractivity contribution in [1.29, 1.82) is 0 Å². The number of piperidine rings is 1. The van der Waals surface area contributed by atoms with Crippen molar-refractivity contribution in [3.05, 3.63) is 30.3 Å². The topological polar surface area (TPSA) is 24.5 Å². The Morgan fingerprint density at radius 3 is 2.39 bits per heavy atom. The van der Waals surface area contributed by atoms with Crippen molar-refractivity contribution in [3.8, 4) is 0 Å². The normalized spacial score (nSPS) is 18.0. The van der Waals surface area contributed by atoms with Crippen molar-refractivity contribution in [2.45, 2.75) is 57.4 Å². The second-order valence-electron chi connectivity index (χ2n) is 6.96. The summed E-state index contributed by atoms with van der Waals surface area (Å²) in [6.07, 6.45) is 9.16. The average Bonchev–Trinajstić information content (AvgIpc) is 2.58. The monoisotopic (exact) mass is 318 g/mol. The van der Waals surface area contributed by atoms with Crippen molar-refractivity contribution >= 4 is 5.69 Å². The molecule has 1 fully saturated rings. The van der Waals surface area contributed by atoms with E-state index in [0.29, 0.717) is 0 Å². The van der Waals surface area contributed by atoms with Gasteiger partial charge < -0.3 is 15.0 Å². The number of ether oxygens (including phenoxy) is 1. The lowest BCUT2D eigenvalue weighted by Crippen LogP contribution is -2.52. The number of rotatable bonds is 10. The van der Waals surface area contributed by atoms with Crippen LogP contribution in [0.25, 0.3) is 0 Å². The summed E-state index contributed by atoms with van der Waals surface area (Å²) in [5, 5.41) is 3.75. The van der Waals surface area contributed by atoms with Crippen LogP contribution in [-0.4, -0.2) is 43.8 Å². The molecule has 0 atom stereocenters. The second kappa shape index (κ2) is 9.94. The van der Waals surface area contributed by atoms with Crippen molar-refractivity contribution in [1.82, 2.24) is 4.90 Å². The summed E-state index contributed by atoms with van der Waals surface area (Å²) in [4.78, 5) is 2.63. The molecular formula is C20H34N2O. The predicted molar refractivity (Wildman–Crippen MR) is 99.1 cm³/mol. The van der Waals surface area contributed by atoms with Gasteiger partial charge in [0.15, 0.2) is 0 Å². The molecule has 1 aliphatic heterocycles. The number of anilines is 1. The second-order valence-corrected chi connectivity index (χ2v) is 6.96. The Morgan fingerprint density at radius 2 is 1.74 bits per heavy atom. The molecule has 0 radical (unpaired) electrons. The van der Waals surface area contributed by atoms with Crippen LogP contribution in [0, 0.1) is 0 Å². The molecule has 1 N–H and O–H groups in total. The van der Waals surface area contributed by atoms with Gasteiger partial charge in [-0.25, -0.2) is 0 Å². The van der Waals surface area contributed by atoms with Gasteiger partial charge in [-0.05, 0) is 37.9 Å². The number of benzene rings is 1. The summed E-state index contributed by atoms with van der Waals surface area (Å²) in [6, 6.07) is 10.5. The summed E-state index contributed by atoms with van der Waals surface area (Å²) >= 11 is 0.